The number of hydrogen-bond acceptors (Lipinski definition) is 3. The van der Waals surface area contributed by atoms with E-state index in [0.717, 1.165) is 11.2 Å². The molecule has 0 saturated carbocycles. The summed E-state index contributed by atoms with van der Waals surface area (Å²) in [6, 6.07) is 7.94. The van der Waals surface area contributed by atoms with Gasteiger partial charge in [-0.25, -0.2) is 0 Å². The van der Waals surface area contributed by atoms with Gasteiger partial charge in [-0.2, -0.15) is 0 Å². The standard InChI is InChI=1S/C16H25BO3/c1-14(2,3)18-13-10-8-9-12(11-13)17-19-15(4,5)16(6,7)20-17/h8-11H,1-7H3. The lowest BCUT2D eigenvalue weighted by Crippen LogP contribution is -2.41. The van der Waals surface area contributed by atoms with Crippen LogP contribution in [0.5, 0.6) is 5.75 Å². The van der Waals surface area contributed by atoms with Gasteiger partial charge in [0.25, 0.3) is 0 Å². The Bertz CT molecular complexity index is 473. The molecule has 1 aromatic rings. The van der Waals surface area contributed by atoms with E-state index in [1.54, 1.807) is 0 Å². The average molecular weight is 276 g/mol. The third-order valence-electron chi connectivity index (χ3n) is 3.81. The monoisotopic (exact) mass is 276 g/mol. The summed E-state index contributed by atoms with van der Waals surface area (Å²) >= 11 is 0. The molecule has 0 unspecified atom stereocenters. The number of rotatable bonds is 2. The van der Waals surface area contributed by atoms with Crippen molar-refractivity contribution in [3.63, 3.8) is 0 Å². The maximum atomic E-state index is 6.06. The zero-order chi connectivity index (χ0) is 15.2. The molecular weight excluding hydrogens is 251 g/mol. The summed E-state index contributed by atoms with van der Waals surface area (Å²) < 4.78 is 18.0. The molecule has 3 nitrogen and oxygen atoms in total. The van der Waals surface area contributed by atoms with Crippen molar-refractivity contribution in [3.8, 4) is 5.75 Å². The summed E-state index contributed by atoms with van der Waals surface area (Å²) in [5, 5.41) is 0. The molecule has 0 amide bonds. The minimum Gasteiger partial charge on any atom is -0.488 e. The summed E-state index contributed by atoms with van der Waals surface area (Å²) in [6.07, 6.45) is 0. The quantitative estimate of drug-likeness (QED) is 0.776. The van der Waals surface area contributed by atoms with Gasteiger partial charge in [-0.15, -0.1) is 0 Å². The van der Waals surface area contributed by atoms with Crippen LogP contribution in [0.2, 0.25) is 0 Å². The third kappa shape index (κ3) is 3.18. The van der Waals surface area contributed by atoms with Crippen LogP contribution in [0.1, 0.15) is 48.5 Å². The summed E-state index contributed by atoms with van der Waals surface area (Å²) in [7, 11) is -0.344. The number of ether oxygens (including phenoxy) is 1. The second-order valence-electron chi connectivity index (χ2n) is 7.38. The minimum absolute atomic E-state index is 0.214. The van der Waals surface area contributed by atoms with E-state index >= 15 is 0 Å². The van der Waals surface area contributed by atoms with E-state index in [9.17, 15) is 0 Å². The van der Waals surface area contributed by atoms with E-state index in [1.165, 1.54) is 0 Å². The minimum atomic E-state index is -0.344. The van der Waals surface area contributed by atoms with E-state index < -0.39 is 0 Å². The van der Waals surface area contributed by atoms with Crippen LogP contribution >= 0.6 is 0 Å². The lowest BCUT2D eigenvalue weighted by molar-refractivity contribution is 0.00578. The first-order valence-corrected chi connectivity index (χ1v) is 7.15. The van der Waals surface area contributed by atoms with E-state index in [0.29, 0.717) is 0 Å². The fourth-order valence-corrected chi connectivity index (χ4v) is 2.06. The molecule has 0 atom stereocenters. The topological polar surface area (TPSA) is 27.7 Å². The van der Waals surface area contributed by atoms with Crippen LogP contribution in [0.4, 0.5) is 0 Å². The van der Waals surface area contributed by atoms with E-state index in [2.05, 4.69) is 27.7 Å². The summed E-state index contributed by atoms with van der Waals surface area (Å²) in [5.74, 6) is 0.838. The van der Waals surface area contributed by atoms with Gasteiger partial charge in [0.15, 0.2) is 0 Å². The Morgan fingerprint density at radius 3 is 2.05 bits per heavy atom. The number of hydrogen-bond donors (Lipinski definition) is 0. The van der Waals surface area contributed by atoms with Crippen molar-refractivity contribution in [2.24, 2.45) is 0 Å². The zero-order valence-corrected chi connectivity index (χ0v) is 13.6. The molecule has 0 bridgehead atoms. The second kappa shape index (κ2) is 4.78. The summed E-state index contributed by atoms with van der Waals surface area (Å²) in [5.41, 5.74) is 0.136. The molecule has 0 spiro atoms. The van der Waals surface area contributed by atoms with Crippen molar-refractivity contribution >= 4 is 12.6 Å². The molecule has 1 aromatic carbocycles. The molecule has 110 valence electrons. The highest BCUT2D eigenvalue weighted by Crippen LogP contribution is 2.36. The maximum absolute atomic E-state index is 6.06. The predicted molar refractivity (Wildman–Crippen MR) is 82.5 cm³/mol. The highest BCUT2D eigenvalue weighted by Gasteiger charge is 2.51. The Kier molecular flexibility index (Phi) is 3.68. The van der Waals surface area contributed by atoms with Gasteiger partial charge in [-0.1, -0.05) is 12.1 Å². The van der Waals surface area contributed by atoms with Crippen molar-refractivity contribution in [2.45, 2.75) is 65.3 Å². The first-order chi connectivity index (χ1) is 9.00. The largest absolute Gasteiger partial charge is 0.494 e. The Labute approximate surface area is 122 Å². The van der Waals surface area contributed by atoms with Crippen molar-refractivity contribution in [3.05, 3.63) is 24.3 Å². The Morgan fingerprint density at radius 2 is 1.55 bits per heavy atom. The van der Waals surface area contributed by atoms with Gasteiger partial charge >= 0.3 is 7.12 Å². The van der Waals surface area contributed by atoms with Gasteiger partial charge in [-0.05, 0) is 66.1 Å². The molecule has 0 N–H and O–H groups in total. The number of benzene rings is 1. The molecule has 0 aliphatic carbocycles. The van der Waals surface area contributed by atoms with Crippen LogP contribution in [-0.4, -0.2) is 23.9 Å². The maximum Gasteiger partial charge on any atom is 0.494 e. The lowest BCUT2D eigenvalue weighted by atomic mass is 9.79. The highest BCUT2D eigenvalue weighted by molar-refractivity contribution is 6.62. The third-order valence-corrected chi connectivity index (χ3v) is 3.81. The molecule has 1 aliphatic heterocycles. The first-order valence-electron chi connectivity index (χ1n) is 7.15. The molecule has 1 heterocycles. The van der Waals surface area contributed by atoms with Crippen molar-refractivity contribution in [1.29, 1.82) is 0 Å². The second-order valence-corrected chi connectivity index (χ2v) is 7.38. The Balaban J connectivity index is 2.21. The van der Waals surface area contributed by atoms with E-state index in [1.807, 2.05) is 45.0 Å². The van der Waals surface area contributed by atoms with Crippen LogP contribution < -0.4 is 10.2 Å². The van der Waals surface area contributed by atoms with Gasteiger partial charge in [0, 0.05) is 0 Å². The van der Waals surface area contributed by atoms with Crippen molar-refractivity contribution in [2.75, 3.05) is 0 Å². The molecule has 0 radical (unpaired) electrons. The Hall–Kier alpha value is -0.995. The van der Waals surface area contributed by atoms with Crippen LogP contribution in [-0.2, 0) is 9.31 Å². The molecule has 0 aromatic heterocycles. The molecule has 4 heteroatoms. The van der Waals surface area contributed by atoms with Crippen LogP contribution in [0.15, 0.2) is 24.3 Å². The summed E-state index contributed by atoms with van der Waals surface area (Å²) in [6.45, 7) is 14.3. The molecule has 1 fully saturated rings. The van der Waals surface area contributed by atoms with E-state index in [-0.39, 0.29) is 23.9 Å². The lowest BCUT2D eigenvalue weighted by Gasteiger charge is -2.32. The smallest absolute Gasteiger partial charge is 0.488 e. The summed E-state index contributed by atoms with van der Waals surface area (Å²) in [4.78, 5) is 0. The first kappa shape index (κ1) is 15.4. The molecule has 2 rings (SSSR count). The van der Waals surface area contributed by atoms with Crippen molar-refractivity contribution < 1.29 is 14.0 Å². The van der Waals surface area contributed by atoms with Gasteiger partial charge in [0.2, 0.25) is 0 Å². The van der Waals surface area contributed by atoms with Crippen LogP contribution in [0, 0.1) is 0 Å². The van der Waals surface area contributed by atoms with Gasteiger partial charge < -0.3 is 14.0 Å². The predicted octanol–water partition coefficient (Wildman–Crippen LogP) is 3.16. The fraction of sp³-hybridized carbons (Fsp3) is 0.625. The highest BCUT2D eigenvalue weighted by atomic mass is 16.7. The fourth-order valence-electron chi connectivity index (χ4n) is 2.06. The zero-order valence-electron chi connectivity index (χ0n) is 13.6. The SMILES string of the molecule is CC(C)(C)Oc1cccc(B2OC(C)(C)C(C)(C)O2)c1. The van der Waals surface area contributed by atoms with E-state index in [4.69, 9.17) is 14.0 Å². The normalized spacial score (nSPS) is 21.1. The average Bonchev–Trinajstić information content (AvgIpc) is 2.46. The van der Waals surface area contributed by atoms with Crippen LogP contribution in [0.3, 0.4) is 0 Å². The Morgan fingerprint density at radius 1 is 1.00 bits per heavy atom. The molecule has 1 aliphatic rings. The molecular formula is C16H25BO3. The van der Waals surface area contributed by atoms with Gasteiger partial charge in [0.1, 0.15) is 11.4 Å². The van der Waals surface area contributed by atoms with Gasteiger partial charge in [-0.3, -0.25) is 0 Å². The van der Waals surface area contributed by atoms with Gasteiger partial charge in [0.05, 0.1) is 11.2 Å². The van der Waals surface area contributed by atoms with Crippen molar-refractivity contribution in [1.82, 2.24) is 0 Å². The molecule has 1 saturated heterocycles. The van der Waals surface area contributed by atoms with Crippen LogP contribution in [0.25, 0.3) is 0 Å². The molecule has 20 heavy (non-hydrogen) atoms.